The maximum atomic E-state index is 12.8. The van der Waals surface area contributed by atoms with Crippen molar-refractivity contribution in [2.75, 3.05) is 0 Å². The lowest BCUT2D eigenvalue weighted by atomic mass is 9.73. The molecule has 1 saturated heterocycles. The zero-order valence-electron chi connectivity index (χ0n) is 12.7. The molecule has 2 aliphatic carbocycles. The molecule has 1 aromatic heterocycles. The van der Waals surface area contributed by atoms with Crippen LogP contribution >= 0.6 is 0 Å². The van der Waals surface area contributed by atoms with E-state index in [2.05, 4.69) is 15.5 Å². The molecule has 0 bridgehead atoms. The molecule has 1 spiro atoms. The van der Waals surface area contributed by atoms with Crippen LogP contribution in [0.4, 0.5) is 4.79 Å². The average molecular weight is 304 g/mol. The van der Waals surface area contributed by atoms with Gasteiger partial charge in [-0.3, -0.25) is 9.69 Å². The Kier molecular flexibility index (Phi) is 2.99. The van der Waals surface area contributed by atoms with Gasteiger partial charge in [0.1, 0.15) is 12.1 Å². The van der Waals surface area contributed by atoms with E-state index in [1.807, 2.05) is 6.92 Å². The summed E-state index contributed by atoms with van der Waals surface area (Å²) < 4.78 is 5.19. The number of carbonyl (C=O) groups is 2. The van der Waals surface area contributed by atoms with Gasteiger partial charge in [0.2, 0.25) is 5.89 Å². The van der Waals surface area contributed by atoms with Crippen LogP contribution in [0.15, 0.2) is 4.52 Å². The number of urea groups is 1. The lowest BCUT2D eigenvalue weighted by molar-refractivity contribution is -0.134. The second-order valence-corrected chi connectivity index (χ2v) is 6.76. The Balaban J connectivity index is 1.53. The fraction of sp³-hybridized carbons (Fsp3) is 0.733. The Bertz CT molecular complexity index is 624. The van der Waals surface area contributed by atoms with Crippen LogP contribution in [0.1, 0.15) is 63.1 Å². The Morgan fingerprint density at radius 3 is 2.86 bits per heavy atom. The van der Waals surface area contributed by atoms with Crippen LogP contribution in [0.2, 0.25) is 0 Å². The first-order chi connectivity index (χ1) is 10.6. The maximum absolute atomic E-state index is 12.8. The lowest BCUT2D eigenvalue weighted by Crippen LogP contribution is -2.53. The van der Waals surface area contributed by atoms with Gasteiger partial charge in [-0.15, -0.1) is 0 Å². The highest BCUT2D eigenvalue weighted by Crippen LogP contribution is 2.39. The Labute approximate surface area is 128 Å². The second kappa shape index (κ2) is 4.79. The van der Waals surface area contributed by atoms with Gasteiger partial charge >= 0.3 is 6.03 Å². The number of imide groups is 1. The number of aromatic nitrogens is 2. The molecule has 22 heavy (non-hydrogen) atoms. The number of hydrogen-bond donors (Lipinski definition) is 1. The van der Waals surface area contributed by atoms with Gasteiger partial charge in [0.15, 0.2) is 5.82 Å². The van der Waals surface area contributed by atoms with E-state index >= 15 is 0 Å². The summed E-state index contributed by atoms with van der Waals surface area (Å²) in [4.78, 5) is 30.6. The Hall–Kier alpha value is -1.92. The number of carbonyl (C=O) groups excluding carboxylic acids is 2. The average Bonchev–Trinajstić information content (AvgIpc) is 3.20. The standard InChI is InChI=1S/C15H20N4O3/c1-9-4-2-3-7-15(9)13(20)19(14(21)17-15)8-11-16-12(18-22-11)10-5-6-10/h9-10H,2-8H2,1H3,(H,17,21)/t9-,15-/m0/s1. The predicted molar refractivity (Wildman–Crippen MR) is 75.7 cm³/mol. The van der Waals surface area contributed by atoms with Crippen LogP contribution in [-0.4, -0.2) is 32.5 Å². The maximum Gasteiger partial charge on any atom is 0.325 e. The molecule has 7 heteroatoms. The molecule has 3 aliphatic rings. The molecule has 2 atom stereocenters. The molecular weight excluding hydrogens is 284 g/mol. The minimum absolute atomic E-state index is 0.0683. The SMILES string of the molecule is C[C@H]1CCCC[C@]12NC(=O)N(Cc1nc(C3CC3)no1)C2=O. The van der Waals surface area contributed by atoms with E-state index in [0.29, 0.717) is 24.1 Å². The molecule has 2 saturated carbocycles. The first-order valence-electron chi connectivity index (χ1n) is 8.07. The Morgan fingerprint density at radius 1 is 1.32 bits per heavy atom. The number of hydrogen-bond acceptors (Lipinski definition) is 5. The third-order valence-electron chi connectivity index (χ3n) is 5.22. The van der Waals surface area contributed by atoms with Crippen molar-refractivity contribution >= 4 is 11.9 Å². The van der Waals surface area contributed by atoms with E-state index in [-0.39, 0.29) is 24.4 Å². The lowest BCUT2D eigenvalue weighted by Gasteiger charge is -2.36. The van der Waals surface area contributed by atoms with Gasteiger partial charge in [0.25, 0.3) is 5.91 Å². The summed E-state index contributed by atoms with van der Waals surface area (Å²) in [5.41, 5.74) is -0.728. The van der Waals surface area contributed by atoms with Crippen molar-refractivity contribution in [3.05, 3.63) is 11.7 Å². The molecule has 1 aliphatic heterocycles. The summed E-state index contributed by atoms with van der Waals surface area (Å²) in [6, 6.07) is -0.343. The summed E-state index contributed by atoms with van der Waals surface area (Å²) in [6.07, 6.45) is 5.93. The highest BCUT2D eigenvalue weighted by Gasteiger charge is 2.55. The van der Waals surface area contributed by atoms with Crippen LogP contribution < -0.4 is 5.32 Å². The van der Waals surface area contributed by atoms with Gasteiger partial charge in [-0.25, -0.2) is 4.79 Å². The first kappa shape index (κ1) is 13.7. The quantitative estimate of drug-likeness (QED) is 0.862. The molecule has 1 aromatic rings. The molecule has 0 radical (unpaired) electrons. The third kappa shape index (κ3) is 2.02. The van der Waals surface area contributed by atoms with Crippen molar-refractivity contribution in [2.24, 2.45) is 5.92 Å². The molecule has 3 fully saturated rings. The Morgan fingerprint density at radius 2 is 2.14 bits per heavy atom. The van der Waals surface area contributed by atoms with Crippen molar-refractivity contribution in [2.45, 2.75) is 63.5 Å². The van der Waals surface area contributed by atoms with Crippen molar-refractivity contribution < 1.29 is 14.1 Å². The van der Waals surface area contributed by atoms with Gasteiger partial charge in [-0.1, -0.05) is 24.9 Å². The fourth-order valence-corrected chi connectivity index (χ4v) is 3.61. The minimum Gasteiger partial charge on any atom is -0.337 e. The summed E-state index contributed by atoms with van der Waals surface area (Å²) in [5.74, 6) is 1.45. The monoisotopic (exact) mass is 304 g/mol. The number of nitrogens with zero attached hydrogens (tertiary/aromatic N) is 3. The van der Waals surface area contributed by atoms with Crippen LogP contribution in [0.25, 0.3) is 0 Å². The van der Waals surface area contributed by atoms with E-state index in [9.17, 15) is 9.59 Å². The molecule has 4 rings (SSSR count). The van der Waals surface area contributed by atoms with Crippen LogP contribution in [0.3, 0.4) is 0 Å². The van der Waals surface area contributed by atoms with E-state index in [4.69, 9.17) is 4.52 Å². The second-order valence-electron chi connectivity index (χ2n) is 6.76. The highest BCUT2D eigenvalue weighted by molar-refractivity contribution is 6.07. The van der Waals surface area contributed by atoms with Crippen molar-refractivity contribution in [1.29, 1.82) is 0 Å². The smallest absolute Gasteiger partial charge is 0.325 e. The van der Waals surface area contributed by atoms with Gasteiger partial charge in [0.05, 0.1) is 0 Å². The minimum atomic E-state index is -0.728. The molecule has 0 aromatic carbocycles. The van der Waals surface area contributed by atoms with E-state index in [1.54, 1.807) is 0 Å². The van der Waals surface area contributed by atoms with E-state index in [1.165, 1.54) is 4.90 Å². The van der Waals surface area contributed by atoms with Gasteiger partial charge in [-0.05, 0) is 31.6 Å². The predicted octanol–water partition coefficient (Wildman–Crippen LogP) is 1.95. The topological polar surface area (TPSA) is 88.3 Å². The molecule has 3 amide bonds. The molecule has 1 N–H and O–H groups in total. The number of rotatable bonds is 3. The van der Waals surface area contributed by atoms with Gasteiger partial charge in [0, 0.05) is 5.92 Å². The zero-order chi connectivity index (χ0) is 15.3. The first-order valence-corrected chi connectivity index (χ1v) is 8.07. The van der Waals surface area contributed by atoms with E-state index < -0.39 is 5.54 Å². The van der Waals surface area contributed by atoms with Gasteiger partial charge in [-0.2, -0.15) is 4.98 Å². The summed E-state index contributed by atoms with van der Waals surface area (Å²) in [5, 5.41) is 6.86. The summed E-state index contributed by atoms with van der Waals surface area (Å²) >= 11 is 0. The van der Waals surface area contributed by atoms with Crippen LogP contribution in [0, 0.1) is 5.92 Å². The number of nitrogens with one attached hydrogen (secondary N) is 1. The molecule has 118 valence electrons. The molecule has 7 nitrogen and oxygen atoms in total. The molecular formula is C15H20N4O3. The summed E-state index contributed by atoms with van der Waals surface area (Å²) in [7, 11) is 0. The van der Waals surface area contributed by atoms with Crippen LogP contribution in [0.5, 0.6) is 0 Å². The summed E-state index contributed by atoms with van der Waals surface area (Å²) in [6.45, 7) is 2.11. The third-order valence-corrected chi connectivity index (χ3v) is 5.22. The van der Waals surface area contributed by atoms with Crippen molar-refractivity contribution in [1.82, 2.24) is 20.4 Å². The van der Waals surface area contributed by atoms with Gasteiger partial charge < -0.3 is 9.84 Å². The zero-order valence-corrected chi connectivity index (χ0v) is 12.7. The largest absolute Gasteiger partial charge is 0.337 e. The normalized spacial score (nSPS) is 31.9. The van der Waals surface area contributed by atoms with Crippen molar-refractivity contribution in [3.8, 4) is 0 Å². The fourth-order valence-electron chi connectivity index (χ4n) is 3.61. The molecule has 0 unspecified atom stereocenters. The van der Waals surface area contributed by atoms with Crippen LogP contribution in [-0.2, 0) is 11.3 Å². The highest BCUT2D eigenvalue weighted by atomic mass is 16.5. The molecule has 2 heterocycles. The number of amides is 3. The van der Waals surface area contributed by atoms with Crippen molar-refractivity contribution in [3.63, 3.8) is 0 Å². The van der Waals surface area contributed by atoms with E-state index in [0.717, 1.165) is 32.1 Å².